The van der Waals surface area contributed by atoms with E-state index in [1.807, 2.05) is 12.1 Å². The monoisotopic (exact) mass is 279 g/mol. The zero-order valence-corrected chi connectivity index (χ0v) is 11.8. The summed E-state index contributed by atoms with van der Waals surface area (Å²) in [5, 5.41) is 1.47. The van der Waals surface area contributed by atoms with Crippen molar-refractivity contribution in [2.75, 3.05) is 12.4 Å². The SMILES string of the molecule is CC(C)N(CCCl)Cc1cc(Cl)ccc1Cl. The van der Waals surface area contributed by atoms with Gasteiger partial charge in [-0.3, -0.25) is 4.90 Å². The van der Waals surface area contributed by atoms with E-state index in [1.165, 1.54) is 0 Å². The van der Waals surface area contributed by atoms with Gasteiger partial charge in [0.2, 0.25) is 0 Å². The van der Waals surface area contributed by atoms with E-state index in [2.05, 4.69) is 18.7 Å². The Labute approximate surface area is 112 Å². The fourth-order valence-corrected chi connectivity index (χ4v) is 2.10. The Bertz CT molecular complexity index is 339. The molecule has 0 aromatic heterocycles. The number of rotatable bonds is 5. The molecule has 4 heteroatoms. The number of halogens is 3. The van der Waals surface area contributed by atoms with Gasteiger partial charge in [-0.2, -0.15) is 0 Å². The lowest BCUT2D eigenvalue weighted by Gasteiger charge is -2.26. The molecule has 0 unspecified atom stereocenters. The van der Waals surface area contributed by atoms with Gasteiger partial charge in [0, 0.05) is 35.1 Å². The molecule has 0 fully saturated rings. The van der Waals surface area contributed by atoms with Gasteiger partial charge in [-0.05, 0) is 37.6 Å². The minimum Gasteiger partial charge on any atom is -0.295 e. The van der Waals surface area contributed by atoms with Gasteiger partial charge < -0.3 is 0 Å². The minimum atomic E-state index is 0.439. The zero-order valence-electron chi connectivity index (χ0n) is 9.51. The van der Waals surface area contributed by atoms with E-state index in [0.29, 0.717) is 16.9 Å². The van der Waals surface area contributed by atoms with Crippen LogP contribution in [-0.2, 0) is 6.54 Å². The number of benzene rings is 1. The quantitative estimate of drug-likeness (QED) is 0.721. The lowest BCUT2D eigenvalue weighted by Crippen LogP contribution is -2.32. The van der Waals surface area contributed by atoms with Crippen molar-refractivity contribution in [2.45, 2.75) is 26.4 Å². The van der Waals surface area contributed by atoms with Gasteiger partial charge in [-0.15, -0.1) is 11.6 Å². The Morgan fingerprint density at radius 2 is 1.94 bits per heavy atom. The fraction of sp³-hybridized carbons (Fsp3) is 0.500. The maximum atomic E-state index is 6.13. The van der Waals surface area contributed by atoms with E-state index >= 15 is 0 Å². The van der Waals surface area contributed by atoms with Crippen LogP contribution in [0.2, 0.25) is 10.0 Å². The van der Waals surface area contributed by atoms with Crippen LogP contribution in [0.1, 0.15) is 19.4 Å². The highest BCUT2D eigenvalue weighted by atomic mass is 35.5. The van der Waals surface area contributed by atoms with Crippen LogP contribution in [0.3, 0.4) is 0 Å². The van der Waals surface area contributed by atoms with E-state index < -0.39 is 0 Å². The normalized spacial score (nSPS) is 11.4. The van der Waals surface area contributed by atoms with Gasteiger partial charge in [0.25, 0.3) is 0 Å². The molecular weight excluding hydrogens is 264 g/mol. The standard InChI is InChI=1S/C12H16Cl3N/c1-9(2)16(6-5-13)8-10-7-11(14)3-4-12(10)15/h3-4,7,9H,5-6,8H2,1-2H3. The van der Waals surface area contributed by atoms with Crippen molar-refractivity contribution in [1.82, 2.24) is 4.90 Å². The van der Waals surface area contributed by atoms with Crippen molar-refractivity contribution >= 4 is 34.8 Å². The molecule has 1 rings (SSSR count). The maximum absolute atomic E-state index is 6.13. The summed E-state index contributed by atoms with van der Waals surface area (Å²) in [5.74, 6) is 0.621. The molecule has 0 saturated heterocycles. The van der Waals surface area contributed by atoms with Crippen LogP contribution >= 0.6 is 34.8 Å². The predicted molar refractivity (Wildman–Crippen MR) is 72.7 cm³/mol. The molecule has 1 aromatic carbocycles. The molecule has 0 saturated carbocycles. The molecule has 0 bridgehead atoms. The summed E-state index contributed by atoms with van der Waals surface area (Å²) >= 11 is 17.9. The molecule has 0 aliphatic carbocycles. The molecule has 0 radical (unpaired) electrons. The summed E-state index contributed by atoms with van der Waals surface area (Å²) in [6, 6.07) is 5.98. The summed E-state index contributed by atoms with van der Waals surface area (Å²) in [5.41, 5.74) is 1.05. The Kier molecular flexibility index (Phi) is 5.91. The Balaban J connectivity index is 2.80. The molecule has 16 heavy (non-hydrogen) atoms. The minimum absolute atomic E-state index is 0.439. The van der Waals surface area contributed by atoms with E-state index in [-0.39, 0.29) is 0 Å². The highest BCUT2D eigenvalue weighted by Gasteiger charge is 2.11. The number of hydrogen-bond acceptors (Lipinski definition) is 1. The molecule has 0 spiro atoms. The van der Waals surface area contributed by atoms with Crippen LogP contribution in [-0.4, -0.2) is 23.4 Å². The zero-order chi connectivity index (χ0) is 12.1. The van der Waals surface area contributed by atoms with Gasteiger partial charge in [0.1, 0.15) is 0 Å². The second-order valence-corrected chi connectivity index (χ2v) is 5.21. The van der Waals surface area contributed by atoms with Gasteiger partial charge >= 0.3 is 0 Å². The van der Waals surface area contributed by atoms with E-state index in [0.717, 1.165) is 23.7 Å². The first-order valence-corrected chi connectivity index (χ1v) is 6.57. The van der Waals surface area contributed by atoms with Crippen molar-refractivity contribution in [2.24, 2.45) is 0 Å². The fourth-order valence-electron chi connectivity index (χ4n) is 1.51. The largest absolute Gasteiger partial charge is 0.295 e. The molecule has 0 aliphatic heterocycles. The third-order valence-electron chi connectivity index (χ3n) is 2.48. The Morgan fingerprint density at radius 1 is 1.25 bits per heavy atom. The molecule has 0 N–H and O–H groups in total. The molecule has 1 nitrogen and oxygen atoms in total. The van der Waals surface area contributed by atoms with Crippen molar-refractivity contribution in [3.8, 4) is 0 Å². The lowest BCUT2D eigenvalue weighted by atomic mass is 10.2. The van der Waals surface area contributed by atoms with Gasteiger partial charge in [-0.25, -0.2) is 0 Å². The number of alkyl halides is 1. The van der Waals surface area contributed by atoms with E-state index in [1.54, 1.807) is 6.07 Å². The average Bonchev–Trinajstić information content (AvgIpc) is 2.22. The smallest absolute Gasteiger partial charge is 0.0452 e. The third-order valence-corrected chi connectivity index (χ3v) is 3.26. The first-order chi connectivity index (χ1) is 7.54. The van der Waals surface area contributed by atoms with Crippen molar-refractivity contribution in [1.29, 1.82) is 0 Å². The molecule has 0 atom stereocenters. The molecule has 90 valence electrons. The Hall–Kier alpha value is 0.0500. The summed E-state index contributed by atoms with van der Waals surface area (Å²) in [6.45, 7) is 5.92. The highest BCUT2D eigenvalue weighted by Crippen LogP contribution is 2.22. The third kappa shape index (κ3) is 4.14. The number of hydrogen-bond donors (Lipinski definition) is 0. The second-order valence-electron chi connectivity index (χ2n) is 3.99. The maximum Gasteiger partial charge on any atom is 0.0452 e. The van der Waals surface area contributed by atoms with Crippen LogP contribution in [0.25, 0.3) is 0 Å². The summed E-state index contributed by atoms with van der Waals surface area (Å²) < 4.78 is 0. The molecule has 0 heterocycles. The topological polar surface area (TPSA) is 3.24 Å². The van der Waals surface area contributed by atoms with Gasteiger partial charge in [-0.1, -0.05) is 23.2 Å². The molecule has 0 amide bonds. The highest BCUT2D eigenvalue weighted by molar-refractivity contribution is 6.33. The summed E-state index contributed by atoms with van der Waals surface area (Å²) in [6.07, 6.45) is 0. The van der Waals surface area contributed by atoms with E-state index in [4.69, 9.17) is 34.8 Å². The van der Waals surface area contributed by atoms with Crippen molar-refractivity contribution in [3.05, 3.63) is 33.8 Å². The van der Waals surface area contributed by atoms with Crippen LogP contribution in [0.15, 0.2) is 18.2 Å². The predicted octanol–water partition coefficient (Wildman–Crippen LogP) is 4.44. The van der Waals surface area contributed by atoms with Crippen molar-refractivity contribution in [3.63, 3.8) is 0 Å². The first-order valence-electron chi connectivity index (χ1n) is 5.28. The van der Waals surface area contributed by atoms with Crippen LogP contribution < -0.4 is 0 Å². The number of nitrogens with zero attached hydrogens (tertiary/aromatic N) is 1. The van der Waals surface area contributed by atoms with Crippen LogP contribution in [0.4, 0.5) is 0 Å². The molecule has 0 aliphatic rings. The second kappa shape index (κ2) is 6.70. The van der Waals surface area contributed by atoms with Crippen molar-refractivity contribution < 1.29 is 0 Å². The summed E-state index contributed by atoms with van der Waals surface area (Å²) in [4.78, 5) is 2.27. The Morgan fingerprint density at radius 3 is 2.50 bits per heavy atom. The average molecular weight is 281 g/mol. The lowest BCUT2D eigenvalue weighted by molar-refractivity contribution is 0.226. The van der Waals surface area contributed by atoms with Crippen LogP contribution in [0.5, 0.6) is 0 Å². The van der Waals surface area contributed by atoms with Gasteiger partial charge in [0.15, 0.2) is 0 Å². The van der Waals surface area contributed by atoms with Crippen LogP contribution in [0, 0.1) is 0 Å². The molecular formula is C12H16Cl3N. The summed E-state index contributed by atoms with van der Waals surface area (Å²) in [7, 11) is 0. The molecule has 1 aromatic rings. The first kappa shape index (κ1) is 14.1. The van der Waals surface area contributed by atoms with E-state index in [9.17, 15) is 0 Å². The van der Waals surface area contributed by atoms with Gasteiger partial charge in [0.05, 0.1) is 0 Å².